The van der Waals surface area contributed by atoms with Crippen LogP contribution >= 0.6 is 0 Å². The molecule has 2 rings (SSSR count). The number of H-pyrrole nitrogens is 1. The zero-order valence-electron chi connectivity index (χ0n) is 7.07. The van der Waals surface area contributed by atoms with Gasteiger partial charge in [0.15, 0.2) is 6.23 Å². The first kappa shape index (κ1) is 8.89. The summed E-state index contributed by atoms with van der Waals surface area (Å²) >= 11 is 0. The molecule has 5 nitrogen and oxygen atoms in total. The Hall–Kier alpha value is -1.69. The molecule has 0 fully saturated rings. The van der Waals surface area contributed by atoms with Gasteiger partial charge in [-0.15, -0.1) is 0 Å². The van der Waals surface area contributed by atoms with Gasteiger partial charge in [0.25, 0.3) is 5.56 Å². The molecular weight excluding hydrogens is 191 g/mol. The summed E-state index contributed by atoms with van der Waals surface area (Å²) in [6.45, 7) is 0.373. The number of hydrogen-bond donors (Lipinski definition) is 1. The van der Waals surface area contributed by atoms with Gasteiger partial charge in [-0.05, 0) is 6.08 Å². The van der Waals surface area contributed by atoms with Gasteiger partial charge >= 0.3 is 5.69 Å². The van der Waals surface area contributed by atoms with Gasteiger partial charge in [-0.2, -0.15) is 4.39 Å². The van der Waals surface area contributed by atoms with Crippen LogP contribution in [0.5, 0.6) is 0 Å². The summed E-state index contributed by atoms with van der Waals surface area (Å²) in [5, 5.41) is 0. The molecule has 0 spiro atoms. The van der Waals surface area contributed by atoms with Crippen molar-refractivity contribution in [1.29, 1.82) is 0 Å². The molecule has 0 radical (unpaired) electrons. The van der Waals surface area contributed by atoms with Gasteiger partial charge in [0.2, 0.25) is 5.82 Å². The van der Waals surface area contributed by atoms with Crippen LogP contribution in [0.25, 0.3) is 0 Å². The minimum atomic E-state index is -1.02. The lowest BCUT2D eigenvalue weighted by Crippen LogP contribution is -2.33. The van der Waals surface area contributed by atoms with E-state index in [1.165, 1.54) is 0 Å². The zero-order valence-corrected chi connectivity index (χ0v) is 7.07. The van der Waals surface area contributed by atoms with E-state index in [1.807, 2.05) is 4.98 Å². The second kappa shape index (κ2) is 3.22. The van der Waals surface area contributed by atoms with Gasteiger partial charge in [-0.25, -0.2) is 4.79 Å². The fraction of sp³-hybridized carbons (Fsp3) is 0.250. The van der Waals surface area contributed by atoms with Crippen molar-refractivity contribution in [2.75, 3.05) is 6.61 Å². The van der Waals surface area contributed by atoms with Crippen LogP contribution in [0.1, 0.15) is 6.23 Å². The molecule has 1 N–H and O–H groups in total. The Morgan fingerprint density at radius 3 is 3.00 bits per heavy atom. The van der Waals surface area contributed by atoms with Crippen molar-refractivity contribution in [3.63, 3.8) is 0 Å². The molecule has 2 heterocycles. The molecule has 1 aromatic heterocycles. The van der Waals surface area contributed by atoms with Crippen LogP contribution in [0, 0.1) is 5.82 Å². The molecule has 0 amide bonds. The first-order valence-electron chi connectivity index (χ1n) is 3.98. The Kier molecular flexibility index (Phi) is 2.05. The van der Waals surface area contributed by atoms with Crippen LogP contribution in [0.15, 0.2) is 27.9 Å². The van der Waals surface area contributed by atoms with E-state index in [1.54, 1.807) is 12.2 Å². The van der Waals surface area contributed by atoms with Crippen LogP contribution in [0.3, 0.4) is 0 Å². The summed E-state index contributed by atoms with van der Waals surface area (Å²) in [4.78, 5) is 23.8. The Labute approximate surface area is 77.4 Å². The van der Waals surface area contributed by atoms with Gasteiger partial charge in [0.05, 0.1) is 12.8 Å². The third-order valence-corrected chi connectivity index (χ3v) is 1.86. The number of nitrogens with one attached hydrogen (secondary N) is 1. The molecule has 1 unspecified atom stereocenters. The Balaban J connectivity index is 2.53. The summed E-state index contributed by atoms with van der Waals surface area (Å²) in [5.41, 5.74) is -1.71. The molecule has 74 valence electrons. The lowest BCUT2D eigenvalue weighted by atomic mass is 10.5. The molecule has 1 atom stereocenters. The third kappa shape index (κ3) is 1.39. The quantitative estimate of drug-likeness (QED) is 0.633. The first-order chi connectivity index (χ1) is 6.68. The number of aromatic amines is 1. The average molecular weight is 198 g/mol. The highest BCUT2D eigenvalue weighted by atomic mass is 19.1. The summed E-state index contributed by atoms with van der Waals surface area (Å²) in [7, 11) is 0. The fourth-order valence-corrected chi connectivity index (χ4v) is 1.20. The number of rotatable bonds is 1. The van der Waals surface area contributed by atoms with Crippen LogP contribution in [-0.4, -0.2) is 16.2 Å². The Morgan fingerprint density at radius 1 is 1.57 bits per heavy atom. The van der Waals surface area contributed by atoms with E-state index in [-0.39, 0.29) is 0 Å². The summed E-state index contributed by atoms with van der Waals surface area (Å²) in [6.07, 6.45) is 3.52. The maximum absolute atomic E-state index is 12.8. The van der Waals surface area contributed by atoms with Crippen LogP contribution < -0.4 is 11.2 Å². The molecule has 0 saturated heterocycles. The SMILES string of the molecule is O=c1[nH]c(=O)n(C2C=CCO2)cc1F. The van der Waals surface area contributed by atoms with Gasteiger partial charge < -0.3 is 4.74 Å². The Morgan fingerprint density at radius 2 is 2.36 bits per heavy atom. The van der Waals surface area contributed by atoms with Crippen molar-refractivity contribution in [1.82, 2.24) is 9.55 Å². The molecule has 1 aliphatic rings. The lowest BCUT2D eigenvalue weighted by Gasteiger charge is -2.10. The van der Waals surface area contributed by atoms with Gasteiger partial charge in [0, 0.05) is 0 Å². The van der Waals surface area contributed by atoms with E-state index in [4.69, 9.17) is 4.74 Å². The fourth-order valence-electron chi connectivity index (χ4n) is 1.20. The van der Waals surface area contributed by atoms with Crippen molar-refractivity contribution in [3.05, 3.63) is 45.0 Å². The van der Waals surface area contributed by atoms with Crippen molar-refractivity contribution in [3.8, 4) is 0 Å². The highest BCUT2D eigenvalue weighted by molar-refractivity contribution is 4.97. The van der Waals surface area contributed by atoms with Crippen molar-refractivity contribution in [2.45, 2.75) is 6.23 Å². The first-order valence-corrected chi connectivity index (χ1v) is 3.98. The topological polar surface area (TPSA) is 64.1 Å². The number of ether oxygens (including phenoxy) is 1. The highest BCUT2D eigenvalue weighted by Gasteiger charge is 2.14. The van der Waals surface area contributed by atoms with E-state index in [0.29, 0.717) is 6.61 Å². The predicted molar refractivity (Wildman–Crippen MR) is 45.4 cm³/mol. The van der Waals surface area contributed by atoms with E-state index in [2.05, 4.69) is 0 Å². The smallest absolute Gasteiger partial charge is 0.330 e. The van der Waals surface area contributed by atoms with Crippen molar-refractivity contribution >= 4 is 0 Å². The van der Waals surface area contributed by atoms with E-state index in [0.717, 1.165) is 10.8 Å². The minimum absolute atomic E-state index is 0.373. The molecule has 6 heteroatoms. The standard InChI is InChI=1S/C8H7FN2O3/c9-5-4-11(6-2-1-3-14-6)8(13)10-7(5)12/h1-2,4,6H,3H2,(H,10,12,13). The van der Waals surface area contributed by atoms with Gasteiger partial charge in [-0.3, -0.25) is 14.3 Å². The minimum Gasteiger partial charge on any atom is -0.350 e. The molecule has 14 heavy (non-hydrogen) atoms. The molecule has 0 aromatic carbocycles. The monoisotopic (exact) mass is 198 g/mol. The number of halogens is 1. The summed E-state index contributed by atoms with van der Waals surface area (Å²) < 4.78 is 18.9. The second-order valence-electron chi connectivity index (χ2n) is 2.80. The zero-order chi connectivity index (χ0) is 10.1. The number of hydrogen-bond acceptors (Lipinski definition) is 3. The predicted octanol–water partition coefficient (Wildman–Crippen LogP) is -0.239. The van der Waals surface area contributed by atoms with Crippen LogP contribution in [0.4, 0.5) is 4.39 Å². The van der Waals surface area contributed by atoms with Gasteiger partial charge in [0.1, 0.15) is 0 Å². The highest BCUT2D eigenvalue weighted by Crippen LogP contribution is 2.12. The van der Waals surface area contributed by atoms with E-state index < -0.39 is 23.3 Å². The lowest BCUT2D eigenvalue weighted by molar-refractivity contribution is 0.0711. The number of aromatic nitrogens is 2. The molecule has 1 aliphatic heterocycles. The maximum Gasteiger partial charge on any atom is 0.330 e. The van der Waals surface area contributed by atoms with E-state index in [9.17, 15) is 14.0 Å². The van der Waals surface area contributed by atoms with Crippen molar-refractivity contribution in [2.24, 2.45) is 0 Å². The van der Waals surface area contributed by atoms with Gasteiger partial charge in [-0.1, -0.05) is 6.08 Å². The number of nitrogens with zero attached hydrogens (tertiary/aromatic N) is 1. The molecular formula is C8H7FN2O3. The summed E-state index contributed by atoms with van der Waals surface area (Å²) in [5.74, 6) is -1.01. The van der Waals surface area contributed by atoms with Crippen molar-refractivity contribution < 1.29 is 9.13 Å². The molecule has 1 aromatic rings. The van der Waals surface area contributed by atoms with E-state index >= 15 is 0 Å². The average Bonchev–Trinajstić information content (AvgIpc) is 2.64. The molecule has 0 saturated carbocycles. The largest absolute Gasteiger partial charge is 0.350 e. The van der Waals surface area contributed by atoms with Crippen LogP contribution in [-0.2, 0) is 4.74 Å². The molecule has 0 aliphatic carbocycles. The summed E-state index contributed by atoms with van der Waals surface area (Å²) in [6, 6.07) is 0. The maximum atomic E-state index is 12.8. The normalized spacial score (nSPS) is 20.2. The third-order valence-electron chi connectivity index (χ3n) is 1.86. The van der Waals surface area contributed by atoms with Crippen LogP contribution in [0.2, 0.25) is 0 Å². The second-order valence-corrected chi connectivity index (χ2v) is 2.80. The molecule has 0 bridgehead atoms. The Bertz CT molecular complexity index is 488.